The zero-order valence-corrected chi connectivity index (χ0v) is 12.4. The van der Waals surface area contributed by atoms with Gasteiger partial charge in [-0.05, 0) is 31.0 Å². The van der Waals surface area contributed by atoms with E-state index in [0.29, 0.717) is 0 Å². The third kappa shape index (κ3) is 1.88. The highest BCUT2D eigenvalue weighted by atomic mass is 15.3. The molecule has 23 heavy (non-hydrogen) atoms. The second-order valence-electron chi connectivity index (χ2n) is 5.66. The minimum absolute atomic E-state index is 0.840. The van der Waals surface area contributed by atoms with Crippen LogP contribution in [0.5, 0.6) is 0 Å². The molecule has 0 aliphatic carbocycles. The van der Waals surface area contributed by atoms with Crippen molar-refractivity contribution in [2.75, 3.05) is 0 Å². The normalized spacial score (nSPS) is 13.6. The van der Waals surface area contributed by atoms with Crippen LogP contribution in [0.4, 0.5) is 0 Å². The molecule has 0 spiro atoms. The van der Waals surface area contributed by atoms with Crippen LogP contribution < -0.4 is 0 Å². The first-order valence-electron chi connectivity index (χ1n) is 7.72. The van der Waals surface area contributed by atoms with Crippen LogP contribution in [0.3, 0.4) is 0 Å². The number of hydrogen-bond acceptors (Lipinski definition) is 4. The standard InChI is InChI=1S/C17H14N6/c1-2-8-18-13(4-1)17-16(14-5-3-10-22(14)21-17)12-7-11-23-15(20-12)6-9-19-23/h1-2,4,6-9,11H,3,5,10H2. The second kappa shape index (κ2) is 4.74. The van der Waals surface area contributed by atoms with E-state index in [1.165, 1.54) is 5.69 Å². The summed E-state index contributed by atoms with van der Waals surface area (Å²) in [5.74, 6) is 0. The summed E-state index contributed by atoms with van der Waals surface area (Å²) in [6, 6.07) is 9.82. The van der Waals surface area contributed by atoms with E-state index in [4.69, 9.17) is 10.1 Å². The largest absolute Gasteiger partial charge is 0.268 e. The van der Waals surface area contributed by atoms with Gasteiger partial charge >= 0.3 is 0 Å². The Bertz CT molecular complexity index is 999. The van der Waals surface area contributed by atoms with E-state index < -0.39 is 0 Å². The van der Waals surface area contributed by atoms with Crippen LogP contribution in [0, 0.1) is 0 Å². The van der Waals surface area contributed by atoms with E-state index in [0.717, 1.165) is 47.7 Å². The fourth-order valence-electron chi connectivity index (χ4n) is 3.24. The van der Waals surface area contributed by atoms with E-state index >= 15 is 0 Å². The number of aromatic nitrogens is 6. The molecule has 0 N–H and O–H groups in total. The molecule has 1 aliphatic rings. The van der Waals surface area contributed by atoms with Crippen LogP contribution in [0.25, 0.3) is 28.3 Å². The van der Waals surface area contributed by atoms with Crippen LogP contribution in [0.2, 0.25) is 0 Å². The van der Waals surface area contributed by atoms with Crippen LogP contribution in [0.1, 0.15) is 12.1 Å². The smallest absolute Gasteiger partial charge is 0.155 e. The summed E-state index contributed by atoms with van der Waals surface area (Å²) in [4.78, 5) is 9.24. The molecule has 1 aliphatic heterocycles. The van der Waals surface area contributed by atoms with Gasteiger partial charge in [-0.2, -0.15) is 10.2 Å². The van der Waals surface area contributed by atoms with Crippen molar-refractivity contribution in [2.45, 2.75) is 19.4 Å². The maximum atomic E-state index is 4.80. The molecule has 0 fully saturated rings. The average molecular weight is 302 g/mol. The zero-order valence-electron chi connectivity index (χ0n) is 12.4. The minimum atomic E-state index is 0.840. The summed E-state index contributed by atoms with van der Waals surface area (Å²) >= 11 is 0. The molecule has 0 aromatic carbocycles. The van der Waals surface area contributed by atoms with Gasteiger partial charge in [0.2, 0.25) is 0 Å². The van der Waals surface area contributed by atoms with E-state index in [1.807, 2.05) is 36.5 Å². The lowest BCUT2D eigenvalue weighted by atomic mass is 10.0. The predicted octanol–water partition coefficient (Wildman–Crippen LogP) is 2.60. The number of fused-ring (bicyclic) bond motifs is 2. The highest BCUT2D eigenvalue weighted by Gasteiger charge is 2.25. The molecule has 0 unspecified atom stereocenters. The topological polar surface area (TPSA) is 60.9 Å². The van der Waals surface area contributed by atoms with Gasteiger partial charge in [0, 0.05) is 30.7 Å². The van der Waals surface area contributed by atoms with E-state index in [9.17, 15) is 0 Å². The molecule has 5 heterocycles. The van der Waals surface area contributed by atoms with Crippen LogP contribution in [-0.2, 0) is 13.0 Å². The third-order valence-corrected chi connectivity index (χ3v) is 4.26. The molecule has 6 nitrogen and oxygen atoms in total. The van der Waals surface area contributed by atoms with Crippen molar-refractivity contribution in [2.24, 2.45) is 0 Å². The van der Waals surface area contributed by atoms with Gasteiger partial charge in [-0.15, -0.1) is 0 Å². The van der Waals surface area contributed by atoms with Crippen molar-refractivity contribution in [3.63, 3.8) is 0 Å². The Morgan fingerprint density at radius 1 is 1.00 bits per heavy atom. The predicted molar refractivity (Wildman–Crippen MR) is 85.8 cm³/mol. The molecule has 5 rings (SSSR count). The molecule has 6 heteroatoms. The fourth-order valence-corrected chi connectivity index (χ4v) is 3.24. The molecule has 0 atom stereocenters. The summed E-state index contributed by atoms with van der Waals surface area (Å²) < 4.78 is 3.87. The number of pyridine rings is 1. The molecule has 0 saturated carbocycles. The number of rotatable bonds is 2. The lowest BCUT2D eigenvalue weighted by Gasteiger charge is -2.05. The highest BCUT2D eigenvalue weighted by Crippen LogP contribution is 2.35. The first kappa shape index (κ1) is 12.5. The molecule has 4 aromatic rings. The van der Waals surface area contributed by atoms with Crippen LogP contribution >= 0.6 is 0 Å². The maximum Gasteiger partial charge on any atom is 0.155 e. The van der Waals surface area contributed by atoms with Crippen molar-refractivity contribution in [3.05, 3.63) is 54.6 Å². The Morgan fingerprint density at radius 2 is 2.00 bits per heavy atom. The number of nitrogens with zero attached hydrogens (tertiary/aromatic N) is 6. The Labute approximate surface area is 132 Å². The van der Waals surface area contributed by atoms with E-state index in [2.05, 4.69) is 14.8 Å². The van der Waals surface area contributed by atoms with E-state index in [-0.39, 0.29) is 0 Å². The van der Waals surface area contributed by atoms with Gasteiger partial charge in [-0.25, -0.2) is 9.50 Å². The Morgan fingerprint density at radius 3 is 2.91 bits per heavy atom. The van der Waals surface area contributed by atoms with Gasteiger partial charge < -0.3 is 0 Å². The van der Waals surface area contributed by atoms with Gasteiger partial charge in [-0.3, -0.25) is 9.67 Å². The summed E-state index contributed by atoms with van der Waals surface area (Å²) in [5, 5.41) is 9.01. The Hall–Kier alpha value is -3.02. The molecular weight excluding hydrogens is 288 g/mol. The van der Waals surface area contributed by atoms with Crippen LogP contribution in [0.15, 0.2) is 48.9 Å². The average Bonchev–Trinajstić information content (AvgIpc) is 3.30. The molecule has 112 valence electrons. The number of aryl methyl sites for hydroxylation is 1. The quantitative estimate of drug-likeness (QED) is 0.571. The summed E-state index contributed by atoms with van der Waals surface area (Å²) in [6.07, 6.45) is 7.66. The third-order valence-electron chi connectivity index (χ3n) is 4.26. The lowest BCUT2D eigenvalue weighted by molar-refractivity contribution is 0.658. The van der Waals surface area contributed by atoms with Gasteiger partial charge in [0.1, 0.15) is 5.69 Å². The zero-order chi connectivity index (χ0) is 15.2. The van der Waals surface area contributed by atoms with Crippen molar-refractivity contribution in [3.8, 4) is 22.6 Å². The fraction of sp³-hybridized carbons (Fsp3) is 0.176. The SMILES string of the molecule is c1ccc(-c2nn3c(c2-c2ccn4nccc4n2)CCC3)nc1. The summed E-state index contributed by atoms with van der Waals surface area (Å²) in [5.41, 5.74) is 5.93. The van der Waals surface area contributed by atoms with Crippen LogP contribution in [-0.4, -0.2) is 29.4 Å². The molecular formula is C17H14N6. The number of hydrogen-bond donors (Lipinski definition) is 0. The van der Waals surface area contributed by atoms with Crippen molar-refractivity contribution in [1.82, 2.24) is 29.4 Å². The first-order valence-corrected chi connectivity index (χ1v) is 7.72. The van der Waals surface area contributed by atoms with Crippen molar-refractivity contribution in [1.29, 1.82) is 0 Å². The molecule has 0 radical (unpaired) electrons. The van der Waals surface area contributed by atoms with Gasteiger partial charge in [0.25, 0.3) is 0 Å². The van der Waals surface area contributed by atoms with Gasteiger partial charge in [0.15, 0.2) is 5.65 Å². The van der Waals surface area contributed by atoms with Crippen molar-refractivity contribution >= 4 is 5.65 Å². The monoisotopic (exact) mass is 302 g/mol. The summed E-state index contributed by atoms with van der Waals surface area (Å²) in [7, 11) is 0. The Kier molecular flexibility index (Phi) is 2.58. The van der Waals surface area contributed by atoms with Gasteiger partial charge in [-0.1, -0.05) is 6.07 Å². The molecule has 4 aromatic heterocycles. The minimum Gasteiger partial charge on any atom is -0.268 e. The molecule has 0 amide bonds. The second-order valence-corrected chi connectivity index (χ2v) is 5.66. The molecule has 0 bridgehead atoms. The maximum absolute atomic E-state index is 4.80. The lowest BCUT2D eigenvalue weighted by Crippen LogP contribution is -1.95. The first-order chi connectivity index (χ1) is 11.4. The summed E-state index contributed by atoms with van der Waals surface area (Å²) in [6.45, 7) is 0.962. The molecule has 0 saturated heterocycles. The Balaban J connectivity index is 1.78. The highest BCUT2D eigenvalue weighted by molar-refractivity contribution is 5.80. The van der Waals surface area contributed by atoms with Gasteiger partial charge in [0.05, 0.1) is 23.1 Å². The van der Waals surface area contributed by atoms with E-state index in [1.54, 1.807) is 16.9 Å². The van der Waals surface area contributed by atoms with Crippen molar-refractivity contribution < 1.29 is 0 Å².